The molecular formula is C44H52ClF2N11O4. The van der Waals surface area contributed by atoms with Crippen LogP contribution in [0.15, 0.2) is 48.4 Å². The van der Waals surface area contributed by atoms with Crippen molar-refractivity contribution < 1.29 is 28.2 Å². The van der Waals surface area contributed by atoms with Gasteiger partial charge >= 0.3 is 5.92 Å². The molecule has 15 nitrogen and oxygen atoms in total. The molecule has 4 fully saturated rings. The summed E-state index contributed by atoms with van der Waals surface area (Å²) in [5, 5.41) is 26.1. The van der Waals surface area contributed by atoms with Crippen LogP contribution in [0.1, 0.15) is 62.6 Å². The van der Waals surface area contributed by atoms with Crippen LogP contribution in [-0.4, -0.2) is 119 Å². The fraction of sp³-hybridized carbons (Fsp3) is 0.523. The molecule has 1 saturated carbocycles. The van der Waals surface area contributed by atoms with Gasteiger partial charge in [-0.05, 0) is 75.1 Å². The lowest BCUT2D eigenvalue weighted by molar-refractivity contribution is -0.134. The summed E-state index contributed by atoms with van der Waals surface area (Å²) in [6.07, 6.45) is 4.73. The number of alkyl halides is 2. The van der Waals surface area contributed by atoms with E-state index in [-0.39, 0.29) is 23.5 Å². The number of nitrogens with one attached hydrogen (secondary N) is 3. The number of hydrogen-bond donors (Lipinski definition) is 4. The van der Waals surface area contributed by atoms with Crippen LogP contribution in [0.3, 0.4) is 0 Å². The van der Waals surface area contributed by atoms with Crippen molar-refractivity contribution in [1.82, 2.24) is 35.3 Å². The van der Waals surface area contributed by atoms with Crippen LogP contribution in [-0.2, 0) is 21.4 Å². The molecule has 5 aliphatic heterocycles. The lowest BCUT2D eigenvalue weighted by Gasteiger charge is -2.43. The molecule has 4 N–H and O–H groups in total. The Hall–Kier alpha value is -5.26. The second-order valence-electron chi connectivity index (χ2n) is 17.7. The Balaban J connectivity index is 0.779. The fourth-order valence-electron chi connectivity index (χ4n) is 10.2. The minimum Gasteiger partial charge on any atom is -0.485 e. The molecule has 0 spiro atoms. The minimum absolute atomic E-state index is 0.0864. The molecule has 6 aliphatic rings. The smallest absolute Gasteiger partial charge is 0.301 e. The average Bonchev–Trinajstić information content (AvgIpc) is 4.07. The predicted octanol–water partition coefficient (Wildman–Crippen LogP) is 5.18. The number of ether oxygens (including phenoxy) is 1. The van der Waals surface area contributed by atoms with Crippen LogP contribution < -0.4 is 30.7 Å². The Kier molecular flexibility index (Phi) is 10.4. The molecule has 4 aromatic rings. The van der Waals surface area contributed by atoms with Crippen molar-refractivity contribution in [2.45, 2.75) is 75.6 Å². The van der Waals surface area contributed by atoms with E-state index in [2.05, 4.69) is 48.6 Å². The van der Waals surface area contributed by atoms with Gasteiger partial charge in [0.1, 0.15) is 5.02 Å². The van der Waals surface area contributed by atoms with Crippen molar-refractivity contribution in [3.8, 4) is 0 Å². The molecule has 328 valence electrons. The van der Waals surface area contributed by atoms with Crippen LogP contribution in [0.25, 0.3) is 16.6 Å². The SMILES string of the molecule is C[C@H](C1CCN(c2cccc3c(C4CCC(=O)NC4=O)nn(C)c23)CC1)N1CCN(c2ncc(Cl)c(Nc3ccc4c(c3)C3=C(OCC(F)(F)[C@H](C5CC5)N3)C(O)N4C)n2)CC1. The molecule has 1 aliphatic carbocycles. The van der Waals surface area contributed by atoms with Gasteiger partial charge in [-0.15, -0.1) is 0 Å². The number of aliphatic hydroxyl groups is 1. The van der Waals surface area contributed by atoms with Gasteiger partial charge in [0.2, 0.25) is 17.8 Å². The van der Waals surface area contributed by atoms with Crippen molar-refractivity contribution in [1.29, 1.82) is 0 Å². The first-order valence-corrected chi connectivity index (χ1v) is 22.1. The third-order valence-corrected chi connectivity index (χ3v) is 14.2. The van der Waals surface area contributed by atoms with Gasteiger partial charge < -0.3 is 35.2 Å². The molecular weight excluding hydrogens is 820 g/mol. The van der Waals surface area contributed by atoms with E-state index in [1.807, 2.05) is 42.1 Å². The number of aryl methyl sites for hydroxylation is 1. The van der Waals surface area contributed by atoms with Crippen molar-refractivity contribution in [3.05, 3.63) is 64.6 Å². The summed E-state index contributed by atoms with van der Waals surface area (Å²) < 4.78 is 37.9. The lowest BCUT2D eigenvalue weighted by Crippen LogP contribution is -2.53. The predicted molar refractivity (Wildman–Crippen MR) is 233 cm³/mol. The normalized spacial score (nSPS) is 25.1. The first kappa shape index (κ1) is 40.8. The van der Waals surface area contributed by atoms with E-state index in [9.17, 15) is 14.7 Å². The van der Waals surface area contributed by atoms with Crippen molar-refractivity contribution in [2.24, 2.45) is 18.9 Å². The number of anilines is 5. The van der Waals surface area contributed by atoms with Gasteiger partial charge in [0.25, 0.3) is 0 Å². The maximum atomic E-state index is 15.2. The van der Waals surface area contributed by atoms with Crippen LogP contribution in [0.4, 0.5) is 37.6 Å². The molecule has 2 aromatic carbocycles. The highest BCUT2D eigenvalue weighted by molar-refractivity contribution is 6.33. The van der Waals surface area contributed by atoms with Gasteiger partial charge in [-0.3, -0.25) is 24.5 Å². The number of amides is 2. The maximum Gasteiger partial charge on any atom is 0.301 e. The number of benzene rings is 2. The third kappa shape index (κ3) is 7.34. The van der Waals surface area contributed by atoms with Crippen LogP contribution in [0, 0.1) is 11.8 Å². The molecule has 62 heavy (non-hydrogen) atoms. The van der Waals surface area contributed by atoms with Crippen molar-refractivity contribution in [2.75, 3.05) is 72.9 Å². The number of piperidine rings is 2. The molecule has 18 heteroatoms. The Morgan fingerprint density at radius 1 is 0.984 bits per heavy atom. The number of halogens is 3. The highest BCUT2D eigenvalue weighted by Gasteiger charge is 2.52. The number of fused-ring (bicyclic) bond motifs is 3. The van der Waals surface area contributed by atoms with Crippen molar-refractivity contribution in [3.63, 3.8) is 0 Å². The third-order valence-electron chi connectivity index (χ3n) is 13.9. The maximum absolute atomic E-state index is 15.2. The molecule has 2 aromatic heterocycles. The number of piperazine rings is 1. The number of rotatable bonds is 8. The van der Waals surface area contributed by atoms with E-state index in [0.717, 1.165) is 87.2 Å². The lowest BCUT2D eigenvalue weighted by atomic mass is 9.88. The second kappa shape index (κ2) is 15.8. The second-order valence-corrected chi connectivity index (χ2v) is 18.1. The van der Waals surface area contributed by atoms with E-state index >= 15 is 8.78 Å². The summed E-state index contributed by atoms with van der Waals surface area (Å²) in [4.78, 5) is 42.8. The molecule has 2 unspecified atom stereocenters. The summed E-state index contributed by atoms with van der Waals surface area (Å²) >= 11 is 6.66. The first-order valence-electron chi connectivity index (χ1n) is 21.7. The Labute approximate surface area is 363 Å². The summed E-state index contributed by atoms with van der Waals surface area (Å²) in [6.45, 7) is 6.63. The Bertz CT molecular complexity index is 2450. The van der Waals surface area contributed by atoms with Crippen LogP contribution in [0.5, 0.6) is 0 Å². The Morgan fingerprint density at radius 2 is 1.76 bits per heavy atom. The van der Waals surface area contributed by atoms with Gasteiger partial charge in [-0.25, -0.2) is 13.8 Å². The molecule has 0 radical (unpaired) electrons. The zero-order valence-electron chi connectivity index (χ0n) is 35.1. The molecule has 0 bridgehead atoms. The summed E-state index contributed by atoms with van der Waals surface area (Å²) in [5.74, 6) is -2.56. The van der Waals surface area contributed by atoms with Gasteiger partial charge in [-0.2, -0.15) is 10.1 Å². The standard InChI is InChI=1S/C44H52ClF2N11O4/c1-24(25-13-15-57(16-14-25)33-6-4-5-28-35(53-55(3)37(28)33)29-10-12-34(59)50-41(29)60)56-17-19-58(20-18-56)43-48-22-31(45)40(52-43)49-27-9-11-32-30(21-27)36-38(42(61)54(32)2)62-23-44(46,47)39(51-36)26-7-8-26/h4-6,9,11,21-22,24-26,29,39,42,51,61H,7-8,10,12-20,23H2,1-3H3,(H,48,49,52)(H,50,59,60)/t24-,29?,39+,42?/m1/s1. The number of carbonyl (C=O) groups is 2. The number of aromatic nitrogens is 4. The van der Waals surface area contributed by atoms with Gasteiger partial charge in [0, 0.05) is 88.2 Å². The molecule has 4 atom stereocenters. The average molecular weight is 872 g/mol. The van der Waals surface area contributed by atoms with Crippen molar-refractivity contribution >= 4 is 68.8 Å². The van der Waals surface area contributed by atoms with Gasteiger partial charge in [0.15, 0.2) is 24.4 Å². The largest absolute Gasteiger partial charge is 0.485 e. The fourth-order valence-corrected chi connectivity index (χ4v) is 10.3. The molecule has 2 amide bonds. The van der Waals surface area contributed by atoms with E-state index in [0.29, 0.717) is 64.2 Å². The van der Waals surface area contributed by atoms with Crippen LogP contribution in [0.2, 0.25) is 5.02 Å². The van der Waals surface area contributed by atoms with Gasteiger partial charge in [0.05, 0.1) is 40.8 Å². The summed E-state index contributed by atoms with van der Waals surface area (Å²) in [5.41, 5.74) is 5.20. The molecule has 10 rings (SSSR count). The van der Waals surface area contributed by atoms with E-state index < -0.39 is 30.7 Å². The van der Waals surface area contributed by atoms with E-state index in [1.165, 1.54) is 0 Å². The monoisotopic (exact) mass is 871 g/mol. The highest BCUT2D eigenvalue weighted by Crippen LogP contribution is 2.46. The topological polar surface area (TPSA) is 156 Å². The molecule has 7 heterocycles. The van der Waals surface area contributed by atoms with E-state index in [1.54, 1.807) is 18.1 Å². The van der Waals surface area contributed by atoms with Crippen LogP contribution >= 0.6 is 11.6 Å². The zero-order chi connectivity index (χ0) is 43.0. The number of likely N-dealkylation sites (N-methyl/N-ethyl adjacent to an activating group) is 1. The minimum atomic E-state index is -3.09. The number of aliphatic hydroxyl groups excluding tert-OH is 1. The highest BCUT2D eigenvalue weighted by atomic mass is 35.5. The summed E-state index contributed by atoms with van der Waals surface area (Å²) in [7, 11) is 3.64. The first-order chi connectivity index (χ1) is 29.8. The zero-order valence-corrected chi connectivity index (χ0v) is 35.8. The molecule has 3 saturated heterocycles. The number of imide groups is 1. The number of nitrogens with zero attached hydrogens (tertiary/aromatic N) is 8. The Morgan fingerprint density at radius 3 is 2.50 bits per heavy atom. The number of para-hydroxylation sites is 1. The van der Waals surface area contributed by atoms with E-state index in [4.69, 9.17) is 26.4 Å². The summed E-state index contributed by atoms with van der Waals surface area (Å²) in [6, 6.07) is 11.1. The number of carbonyl (C=O) groups excluding carboxylic acids is 2. The van der Waals surface area contributed by atoms with Gasteiger partial charge in [-0.1, -0.05) is 23.7 Å². The number of hydrogen-bond acceptors (Lipinski definition) is 13. The quantitative estimate of drug-likeness (QED) is 0.172.